The summed E-state index contributed by atoms with van der Waals surface area (Å²) in [6.07, 6.45) is 0. The van der Waals surface area contributed by atoms with E-state index in [1.807, 2.05) is 23.5 Å². The highest BCUT2D eigenvalue weighted by atomic mass is 32.1. The van der Waals surface area contributed by atoms with Gasteiger partial charge in [0.1, 0.15) is 0 Å². The van der Waals surface area contributed by atoms with Crippen molar-refractivity contribution in [3.05, 3.63) is 301 Å². The van der Waals surface area contributed by atoms with E-state index in [1.54, 1.807) is 0 Å². The van der Waals surface area contributed by atoms with E-state index in [2.05, 4.69) is 365 Å². The molecule has 0 saturated carbocycles. The van der Waals surface area contributed by atoms with Gasteiger partial charge in [-0.05, 0) is 179 Å². The zero-order valence-electron chi connectivity index (χ0n) is 57.8. The predicted molar refractivity (Wildman–Crippen MR) is 417 cm³/mol. The molecule has 474 valence electrons. The SMILES string of the molecule is CC(C)(C)c1ccc(N(c2ccc3c(c2)N(c2ccc(C#N)cc2)c2cc(C(C)(C)C)cc4c2B3c2sc3cc(C(C)(C)C)ccc3c2N4c2c(-c3ccccc3-c3ccccc3)cc(C(C)(C)C)cc2-c2ccccc2-c2ccccc2)c2ccccc2-c2ccccc2)cc1. The Morgan fingerprint density at radius 3 is 1.34 bits per heavy atom. The Morgan fingerprint density at radius 1 is 0.361 bits per heavy atom. The van der Waals surface area contributed by atoms with E-state index in [-0.39, 0.29) is 28.4 Å². The lowest BCUT2D eigenvalue weighted by Gasteiger charge is -2.45. The second kappa shape index (κ2) is 24.0. The zero-order valence-corrected chi connectivity index (χ0v) is 58.6. The molecule has 0 fully saturated rings. The summed E-state index contributed by atoms with van der Waals surface area (Å²) in [6, 6.07) is 104. The summed E-state index contributed by atoms with van der Waals surface area (Å²) in [5.74, 6) is 0. The van der Waals surface area contributed by atoms with Crippen LogP contribution in [-0.4, -0.2) is 6.71 Å². The van der Waals surface area contributed by atoms with Gasteiger partial charge in [0.25, 0.3) is 6.71 Å². The molecule has 13 aromatic rings. The lowest BCUT2D eigenvalue weighted by Crippen LogP contribution is -2.60. The van der Waals surface area contributed by atoms with Crippen LogP contribution in [0.25, 0.3) is 65.7 Å². The molecule has 3 heterocycles. The Hall–Kier alpha value is -10.4. The van der Waals surface area contributed by atoms with Crippen LogP contribution < -0.4 is 30.4 Å². The number of benzene rings is 12. The minimum Gasteiger partial charge on any atom is -0.311 e. The van der Waals surface area contributed by atoms with Crippen LogP contribution in [0.1, 0.15) is 111 Å². The smallest absolute Gasteiger partial charge is 0.264 e. The Balaban J connectivity index is 1.10. The first-order valence-electron chi connectivity index (χ1n) is 34.2. The van der Waals surface area contributed by atoms with Crippen LogP contribution in [0.15, 0.2) is 273 Å². The van der Waals surface area contributed by atoms with E-state index < -0.39 is 0 Å². The monoisotopic (exact) mass is 1270 g/mol. The summed E-state index contributed by atoms with van der Waals surface area (Å²) in [6.45, 7) is 27.8. The fraction of sp³-hybridized carbons (Fsp3) is 0.176. The van der Waals surface area contributed by atoms with Crippen molar-refractivity contribution in [1.29, 1.82) is 5.26 Å². The lowest BCUT2D eigenvalue weighted by molar-refractivity contribution is 0.590. The molecule has 0 atom stereocenters. The Morgan fingerprint density at radius 2 is 0.814 bits per heavy atom. The molecule has 0 spiro atoms. The van der Waals surface area contributed by atoms with Gasteiger partial charge < -0.3 is 14.7 Å². The molecule has 12 aromatic carbocycles. The van der Waals surface area contributed by atoms with Gasteiger partial charge >= 0.3 is 0 Å². The van der Waals surface area contributed by atoms with E-state index in [4.69, 9.17) is 0 Å². The van der Waals surface area contributed by atoms with Crippen molar-refractivity contribution in [3.8, 4) is 61.7 Å². The number of hydrogen-bond acceptors (Lipinski definition) is 5. The van der Waals surface area contributed by atoms with Crippen LogP contribution in [0.5, 0.6) is 0 Å². The van der Waals surface area contributed by atoms with Crippen LogP contribution in [0.4, 0.5) is 51.2 Å². The molecule has 0 saturated heterocycles. The summed E-state index contributed by atoms with van der Waals surface area (Å²) in [4.78, 5) is 7.74. The van der Waals surface area contributed by atoms with Crippen molar-refractivity contribution in [2.24, 2.45) is 0 Å². The predicted octanol–water partition coefficient (Wildman–Crippen LogP) is 23.9. The van der Waals surface area contributed by atoms with Crippen molar-refractivity contribution in [1.82, 2.24) is 0 Å². The maximum atomic E-state index is 10.5. The molecular formula is C91H81BN4S. The molecule has 1 aromatic heterocycles. The quantitative estimate of drug-likeness (QED) is 0.128. The Bertz CT molecular complexity index is 5100. The van der Waals surface area contributed by atoms with Gasteiger partial charge in [0.15, 0.2) is 0 Å². The van der Waals surface area contributed by atoms with E-state index in [0.717, 1.165) is 90.0 Å². The van der Waals surface area contributed by atoms with E-state index in [0.29, 0.717) is 5.56 Å². The standard InChI is InChI=1S/C91H81BN4S/c1-88(2,3)63-42-47-67(48-43-63)94(79-39-27-26-36-72(79)62-32-20-15-21-33-62)69-49-51-78-80(57-69)95(68-45-40-59(58-93)41-46-68)81-54-66(91(10,11)12)55-82-84(81)92(78)87-86(75-50-44-64(89(4,5)6)56-83(75)97-87)96(82)85-76(73-37-24-22-34-70(73)60-28-16-13-17-29-60)52-65(90(7,8)9)53-77(85)74-38-25-23-35-71(74)61-30-18-14-19-31-61/h13-57H,1-12H3. The Labute approximate surface area is 578 Å². The molecule has 0 amide bonds. The topological polar surface area (TPSA) is 33.5 Å². The summed E-state index contributed by atoms with van der Waals surface area (Å²) >= 11 is 1.95. The number of para-hydroxylation sites is 1. The summed E-state index contributed by atoms with van der Waals surface area (Å²) in [7, 11) is 0. The second-order valence-corrected chi connectivity index (χ2v) is 31.6. The summed E-state index contributed by atoms with van der Waals surface area (Å²) in [5.41, 5.74) is 28.8. The highest BCUT2D eigenvalue weighted by molar-refractivity contribution is 7.33. The summed E-state index contributed by atoms with van der Waals surface area (Å²) < 4.78 is 2.55. The van der Waals surface area contributed by atoms with Crippen LogP contribution in [0.2, 0.25) is 0 Å². The number of rotatable bonds is 10. The normalized spacial score (nSPS) is 12.9. The Kier molecular flexibility index (Phi) is 15.5. The van der Waals surface area contributed by atoms with Crippen LogP contribution >= 0.6 is 11.3 Å². The van der Waals surface area contributed by atoms with Gasteiger partial charge in [-0.25, -0.2) is 0 Å². The lowest BCUT2D eigenvalue weighted by atomic mass is 9.36. The number of hydrogen-bond donors (Lipinski definition) is 0. The first-order valence-corrected chi connectivity index (χ1v) is 35.0. The van der Waals surface area contributed by atoms with Gasteiger partial charge in [-0.1, -0.05) is 271 Å². The molecule has 0 N–H and O–H groups in total. The van der Waals surface area contributed by atoms with Gasteiger partial charge in [0.05, 0.1) is 28.7 Å². The van der Waals surface area contributed by atoms with Gasteiger partial charge in [0, 0.05) is 65.7 Å². The van der Waals surface area contributed by atoms with E-state index >= 15 is 0 Å². The maximum absolute atomic E-state index is 10.5. The van der Waals surface area contributed by atoms with Crippen molar-refractivity contribution >= 4 is 95.0 Å². The minimum atomic E-state index is -0.317. The molecule has 97 heavy (non-hydrogen) atoms. The largest absolute Gasteiger partial charge is 0.311 e. The molecule has 6 heteroatoms. The average molecular weight is 1270 g/mol. The van der Waals surface area contributed by atoms with Crippen LogP contribution in [-0.2, 0) is 21.7 Å². The first kappa shape index (κ1) is 62.7. The van der Waals surface area contributed by atoms with Gasteiger partial charge in [0.2, 0.25) is 0 Å². The number of nitrogens with zero attached hydrogens (tertiary/aromatic N) is 4. The number of thiophene rings is 1. The van der Waals surface area contributed by atoms with Crippen LogP contribution in [0.3, 0.4) is 0 Å². The van der Waals surface area contributed by atoms with Crippen molar-refractivity contribution in [2.45, 2.75) is 105 Å². The molecular weight excluding hydrogens is 1190 g/mol. The van der Waals surface area contributed by atoms with Crippen molar-refractivity contribution < 1.29 is 0 Å². The molecule has 0 unspecified atom stereocenters. The number of anilines is 9. The maximum Gasteiger partial charge on any atom is 0.264 e. The van der Waals surface area contributed by atoms with E-state index in [9.17, 15) is 5.26 Å². The molecule has 0 radical (unpaired) electrons. The summed E-state index contributed by atoms with van der Waals surface area (Å²) in [5, 5.41) is 11.7. The second-order valence-electron chi connectivity index (χ2n) is 30.5. The van der Waals surface area contributed by atoms with Crippen molar-refractivity contribution in [3.63, 3.8) is 0 Å². The fourth-order valence-corrected chi connectivity index (χ4v) is 16.0. The highest BCUT2D eigenvalue weighted by Crippen LogP contribution is 2.57. The molecule has 4 nitrogen and oxygen atoms in total. The third-order valence-corrected chi connectivity index (χ3v) is 21.1. The first-order chi connectivity index (χ1) is 46.6. The highest BCUT2D eigenvalue weighted by Gasteiger charge is 2.47. The van der Waals surface area contributed by atoms with Crippen molar-refractivity contribution in [2.75, 3.05) is 14.7 Å². The van der Waals surface area contributed by atoms with Gasteiger partial charge in [-0.15, -0.1) is 11.3 Å². The zero-order chi connectivity index (χ0) is 67.3. The molecule has 0 aliphatic carbocycles. The van der Waals surface area contributed by atoms with E-state index in [1.165, 1.54) is 64.9 Å². The molecule has 0 bridgehead atoms. The fourth-order valence-electron chi connectivity index (χ4n) is 14.7. The number of fused-ring (bicyclic) bond motifs is 6. The average Bonchev–Trinajstić information content (AvgIpc) is 1.67. The van der Waals surface area contributed by atoms with Crippen LogP contribution in [0, 0.1) is 11.3 Å². The molecule has 15 rings (SSSR count). The third-order valence-electron chi connectivity index (χ3n) is 19.9. The van der Waals surface area contributed by atoms with Gasteiger partial charge in [-0.3, -0.25) is 0 Å². The molecule has 2 aliphatic heterocycles. The minimum absolute atomic E-state index is 0.0372. The van der Waals surface area contributed by atoms with Gasteiger partial charge in [-0.2, -0.15) is 5.26 Å². The number of nitriles is 1. The third kappa shape index (κ3) is 11.2. The molecule has 2 aliphatic rings.